The Balaban J connectivity index is 3.78. The zero-order chi connectivity index (χ0) is 7.98. The van der Waals surface area contributed by atoms with Gasteiger partial charge in [-0.05, 0) is 26.7 Å². The molecule has 0 atom stereocenters. The fourth-order valence-corrected chi connectivity index (χ4v) is 0.986. The van der Waals surface area contributed by atoms with Crippen LogP contribution in [0.15, 0.2) is 4.99 Å². The molecule has 0 saturated heterocycles. The molecule has 0 spiro atoms. The maximum atomic E-state index is 4.50. The van der Waals surface area contributed by atoms with E-state index in [0.717, 1.165) is 6.42 Å². The van der Waals surface area contributed by atoms with E-state index in [0.29, 0.717) is 6.04 Å². The van der Waals surface area contributed by atoms with Crippen molar-refractivity contribution < 1.29 is 0 Å². The van der Waals surface area contributed by atoms with Crippen LogP contribution in [0.2, 0.25) is 0 Å². The minimum absolute atomic E-state index is 0.474. The Hall–Kier alpha value is -0.330. The summed E-state index contributed by atoms with van der Waals surface area (Å²) in [4.78, 5) is 4.50. The van der Waals surface area contributed by atoms with Gasteiger partial charge in [0.1, 0.15) is 0 Å². The van der Waals surface area contributed by atoms with E-state index in [-0.39, 0.29) is 0 Å². The molecule has 60 valence electrons. The van der Waals surface area contributed by atoms with Crippen molar-refractivity contribution in [2.75, 3.05) is 0 Å². The van der Waals surface area contributed by atoms with Crippen molar-refractivity contribution in [3.8, 4) is 0 Å². The summed E-state index contributed by atoms with van der Waals surface area (Å²) in [6.07, 6.45) is 3.51. The minimum atomic E-state index is 0.474. The normalized spacial score (nSPS) is 12.7. The highest BCUT2D eigenvalue weighted by Gasteiger charge is 1.94. The van der Waals surface area contributed by atoms with Gasteiger partial charge in [-0.3, -0.25) is 4.99 Å². The van der Waals surface area contributed by atoms with E-state index < -0.39 is 0 Å². The van der Waals surface area contributed by atoms with Gasteiger partial charge in [-0.2, -0.15) is 0 Å². The molecule has 0 unspecified atom stereocenters. The molecule has 0 amide bonds. The van der Waals surface area contributed by atoms with Crippen molar-refractivity contribution in [1.82, 2.24) is 0 Å². The molecule has 0 rings (SSSR count). The topological polar surface area (TPSA) is 12.4 Å². The molecular formula is C9H19N. The van der Waals surface area contributed by atoms with Crippen LogP contribution in [0.3, 0.4) is 0 Å². The molecule has 0 aliphatic rings. The van der Waals surface area contributed by atoms with E-state index in [1.165, 1.54) is 18.6 Å². The van der Waals surface area contributed by atoms with Crippen LogP contribution in [-0.2, 0) is 0 Å². The molecule has 0 aromatic carbocycles. The molecule has 1 nitrogen and oxygen atoms in total. The zero-order valence-corrected chi connectivity index (χ0v) is 7.65. The van der Waals surface area contributed by atoms with Gasteiger partial charge in [0, 0.05) is 11.8 Å². The summed E-state index contributed by atoms with van der Waals surface area (Å²) in [5.74, 6) is 0. The fraction of sp³-hybridized carbons (Fsp3) is 0.889. The van der Waals surface area contributed by atoms with Gasteiger partial charge in [-0.25, -0.2) is 0 Å². The van der Waals surface area contributed by atoms with Gasteiger partial charge in [0.2, 0.25) is 0 Å². The van der Waals surface area contributed by atoms with Crippen molar-refractivity contribution in [3.63, 3.8) is 0 Å². The summed E-state index contributed by atoms with van der Waals surface area (Å²) in [5.41, 5.74) is 1.37. The largest absolute Gasteiger partial charge is 0.291 e. The Kier molecular flexibility index (Phi) is 5.27. The quantitative estimate of drug-likeness (QED) is 0.534. The van der Waals surface area contributed by atoms with Gasteiger partial charge >= 0.3 is 0 Å². The average Bonchev–Trinajstić information content (AvgIpc) is 1.86. The number of nitrogens with zero attached hydrogens (tertiary/aromatic N) is 1. The van der Waals surface area contributed by atoms with E-state index in [1.807, 2.05) is 0 Å². The molecule has 0 aromatic rings. The summed E-state index contributed by atoms with van der Waals surface area (Å²) in [6.45, 7) is 8.64. The summed E-state index contributed by atoms with van der Waals surface area (Å²) in [6, 6.07) is 0.474. The Bertz CT molecular complexity index is 103. The second kappa shape index (κ2) is 5.45. The van der Waals surface area contributed by atoms with Gasteiger partial charge in [0.25, 0.3) is 0 Å². The summed E-state index contributed by atoms with van der Waals surface area (Å²) >= 11 is 0. The Morgan fingerprint density at radius 2 is 1.90 bits per heavy atom. The molecule has 1 heteroatoms. The van der Waals surface area contributed by atoms with Crippen LogP contribution >= 0.6 is 0 Å². The highest BCUT2D eigenvalue weighted by atomic mass is 14.8. The second-order valence-corrected chi connectivity index (χ2v) is 2.89. The molecular weight excluding hydrogens is 122 g/mol. The number of aliphatic imine (C=N–C) groups is 1. The third-order valence-electron chi connectivity index (χ3n) is 1.39. The predicted octanol–water partition coefficient (Wildman–Crippen LogP) is 3.05. The van der Waals surface area contributed by atoms with Gasteiger partial charge in [-0.1, -0.05) is 20.3 Å². The highest BCUT2D eigenvalue weighted by Crippen LogP contribution is 1.99. The first-order valence-corrected chi connectivity index (χ1v) is 4.26. The molecule has 0 fully saturated rings. The lowest BCUT2D eigenvalue weighted by Crippen LogP contribution is -2.00. The van der Waals surface area contributed by atoms with Gasteiger partial charge in [0.15, 0.2) is 0 Å². The maximum Gasteiger partial charge on any atom is 0.0442 e. The third kappa shape index (κ3) is 4.54. The van der Waals surface area contributed by atoms with E-state index in [1.54, 1.807) is 0 Å². The van der Waals surface area contributed by atoms with Crippen molar-refractivity contribution in [3.05, 3.63) is 0 Å². The number of hydrogen-bond donors (Lipinski definition) is 0. The van der Waals surface area contributed by atoms with Crippen LogP contribution in [0.4, 0.5) is 0 Å². The summed E-state index contributed by atoms with van der Waals surface area (Å²) in [7, 11) is 0. The summed E-state index contributed by atoms with van der Waals surface area (Å²) < 4.78 is 0. The monoisotopic (exact) mass is 141 g/mol. The van der Waals surface area contributed by atoms with Crippen molar-refractivity contribution in [1.29, 1.82) is 0 Å². The third-order valence-corrected chi connectivity index (χ3v) is 1.39. The molecule has 10 heavy (non-hydrogen) atoms. The lowest BCUT2D eigenvalue weighted by atomic mass is 10.2. The fourth-order valence-electron chi connectivity index (χ4n) is 0.986. The average molecular weight is 141 g/mol. The van der Waals surface area contributed by atoms with Gasteiger partial charge < -0.3 is 0 Å². The maximum absolute atomic E-state index is 4.50. The Morgan fingerprint density at radius 1 is 1.30 bits per heavy atom. The standard InChI is InChI=1S/C9H19N/c1-5-7-9(6-2)10-8(3)4/h8H,5-7H2,1-4H3. The Labute approximate surface area is 64.6 Å². The minimum Gasteiger partial charge on any atom is -0.291 e. The first-order chi connectivity index (χ1) is 4.70. The molecule has 0 aliphatic heterocycles. The summed E-state index contributed by atoms with van der Waals surface area (Å²) in [5, 5.41) is 0. The van der Waals surface area contributed by atoms with Gasteiger partial charge in [0.05, 0.1) is 0 Å². The molecule has 0 radical (unpaired) electrons. The van der Waals surface area contributed by atoms with E-state index in [4.69, 9.17) is 0 Å². The van der Waals surface area contributed by atoms with Crippen LogP contribution in [-0.4, -0.2) is 11.8 Å². The predicted molar refractivity (Wildman–Crippen MR) is 47.8 cm³/mol. The lowest BCUT2D eigenvalue weighted by Gasteiger charge is -2.03. The zero-order valence-electron chi connectivity index (χ0n) is 7.65. The SMILES string of the molecule is CCCC(CC)=NC(C)C. The van der Waals surface area contributed by atoms with Crippen LogP contribution < -0.4 is 0 Å². The second-order valence-electron chi connectivity index (χ2n) is 2.89. The van der Waals surface area contributed by atoms with E-state index >= 15 is 0 Å². The van der Waals surface area contributed by atoms with Crippen molar-refractivity contribution in [2.24, 2.45) is 4.99 Å². The van der Waals surface area contributed by atoms with E-state index in [2.05, 4.69) is 32.7 Å². The number of hydrogen-bond acceptors (Lipinski definition) is 1. The van der Waals surface area contributed by atoms with Crippen LogP contribution in [0.25, 0.3) is 0 Å². The molecule has 0 N–H and O–H groups in total. The highest BCUT2D eigenvalue weighted by molar-refractivity contribution is 5.84. The molecule has 0 heterocycles. The molecule has 0 saturated carbocycles. The smallest absolute Gasteiger partial charge is 0.0442 e. The molecule has 0 aromatic heterocycles. The van der Waals surface area contributed by atoms with Crippen LogP contribution in [0.1, 0.15) is 47.0 Å². The van der Waals surface area contributed by atoms with Gasteiger partial charge in [-0.15, -0.1) is 0 Å². The van der Waals surface area contributed by atoms with E-state index in [9.17, 15) is 0 Å². The molecule has 0 bridgehead atoms. The first kappa shape index (κ1) is 9.67. The van der Waals surface area contributed by atoms with Crippen LogP contribution in [0, 0.1) is 0 Å². The number of rotatable bonds is 4. The van der Waals surface area contributed by atoms with Crippen molar-refractivity contribution >= 4 is 5.71 Å². The molecule has 0 aliphatic carbocycles. The lowest BCUT2D eigenvalue weighted by molar-refractivity contribution is 0.815. The Morgan fingerprint density at radius 3 is 2.20 bits per heavy atom. The first-order valence-electron chi connectivity index (χ1n) is 4.26. The van der Waals surface area contributed by atoms with Crippen LogP contribution in [0.5, 0.6) is 0 Å². The van der Waals surface area contributed by atoms with Crippen molar-refractivity contribution in [2.45, 2.75) is 53.0 Å².